The second-order valence-corrected chi connectivity index (χ2v) is 6.42. The van der Waals surface area contributed by atoms with Crippen molar-refractivity contribution in [3.8, 4) is 0 Å². The minimum Gasteiger partial charge on any atom is -0.289 e. The van der Waals surface area contributed by atoms with E-state index in [-0.39, 0.29) is 16.4 Å². The van der Waals surface area contributed by atoms with Crippen LogP contribution in [0.5, 0.6) is 0 Å². The van der Waals surface area contributed by atoms with Gasteiger partial charge in [0.05, 0.1) is 5.02 Å². The summed E-state index contributed by atoms with van der Waals surface area (Å²) in [5.41, 5.74) is 0.773. The Morgan fingerprint density at radius 3 is 2.62 bits per heavy atom. The number of nitrogens with one attached hydrogen (secondary N) is 1. The normalized spacial score (nSPS) is 10.7. The Labute approximate surface area is 140 Å². The maximum Gasteiger partial charge on any atom is 0.195 e. The summed E-state index contributed by atoms with van der Waals surface area (Å²) in [5, 5.41) is 0.109. The van der Waals surface area contributed by atoms with Gasteiger partial charge in [-0.05, 0) is 64.3 Å². The highest BCUT2D eigenvalue weighted by Crippen LogP contribution is 2.28. The number of rotatable bonds is 5. The Morgan fingerprint density at radius 2 is 2.00 bits per heavy atom. The molecule has 0 aliphatic carbocycles. The highest BCUT2D eigenvalue weighted by atomic mass is 79.9. The zero-order valence-electron chi connectivity index (χ0n) is 11.1. The molecule has 0 saturated heterocycles. The van der Waals surface area contributed by atoms with E-state index in [2.05, 4.69) is 20.7 Å². The third kappa shape index (κ3) is 4.07. The number of carbonyl (C=O) groups excluding carboxylic acids is 1. The van der Waals surface area contributed by atoms with Gasteiger partial charge in [-0.3, -0.25) is 9.52 Å². The molecule has 0 aromatic heterocycles. The molecule has 0 radical (unpaired) electrons. The predicted molar refractivity (Wildman–Crippen MR) is 88.5 cm³/mol. The molecular weight excluding hydrogens is 377 g/mol. The van der Waals surface area contributed by atoms with Crippen molar-refractivity contribution in [1.29, 1.82) is 0 Å². The summed E-state index contributed by atoms with van der Waals surface area (Å²) in [6, 6.07) is 9.20. The molecule has 2 aromatic carbocycles. The molecule has 0 fully saturated rings. The summed E-state index contributed by atoms with van der Waals surface area (Å²) in [4.78, 5) is 13.5. The number of benzene rings is 2. The fraction of sp³-hybridized carbons (Fsp3) is 0.133. The fourth-order valence-corrected chi connectivity index (χ4v) is 3.30. The van der Waals surface area contributed by atoms with Crippen LogP contribution in [0.4, 0.5) is 4.39 Å². The lowest BCUT2D eigenvalue weighted by Gasteiger charge is -2.08. The van der Waals surface area contributed by atoms with Gasteiger partial charge in [-0.1, -0.05) is 18.5 Å². The molecule has 2 rings (SSSR count). The molecule has 0 atom stereocenters. The van der Waals surface area contributed by atoms with Gasteiger partial charge in [-0.25, -0.2) is 4.39 Å². The monoisotopic (exact) mass is 387 g/mol. The summed E-state index contributed by atoms with van der Waals surface area (Å²) >= 11 is 10.8. The highest BCUT2D eigenvalue weighted by Gasteiger charge is 2.16. The van der Waals surface area contributed by atoms with Crippen molar-refractivity contribution in [3.63, 3.8) is 0 Å². The van der Waals surface area contributed by atoms with Gasteiger partial charge in [-0.2, -0.15) is 0 Å². The van der Waals surface area contributed by atoms with Crippen molar-refractivity contribution in [2.24, 2.45) is 0 Å². The smallest absolute Gasteiger partial charge is 0.195 e. The predicted octanol–water partition coefficient (Wildman–Crippen LogP) is 5.09. The molecule has 0 aliphatic rings. The van der Waals surface area contributed by atoms with Crippen LogP contribution in [0.2, 0.25) is 5.02 Å². The van der Waals surface area contributed by atoms with Gasteiger partial charge in [0, 0.05) is 27.0 Å². The maximum absolute atomic E-state index is 13.0. The Kier molecular flexibility index (Phi) is 5.81. The van der Waals surface area contributed by atoms with Crippen molar-refractivity contribution in [1.82, 2.24) is 4.72 Å². The topological polar surface area (TPSA) is 29.1 Å². The molecule has 21 heavy (non-hydrogen) atoms. The molecule has 0 bridgehead atoms. The highest BCUT2D eigenvalue weighted by molar-refractivity contribution is 9.10. The molecule has 0 spiro atoms. The van der Waals surface area contributed by atoms with Crippen LogP contribution in [-0.2, 0) is 0 Å². The van der Waals surface area contributed by atoms with E-state index in [0.717, 1.165) is 17.5 Å². The van der Waals surface area contributed by atoms with E-state index in [9.17, 15) is 9.18 Å². The van der Waals surface area contributed by atoms with E-state index in [1.165, 1.54) is 24.1 Å². The van der Waals surface area contributed by atoms with Crippen molar-refractivity contribution in [2.45, 2.75) is 11.8 Å². The van der Waals surface area contributed by atoms with Crippen molar-refractivity contribution in [3.05, 3.63) is 62.8 Å². The summed E-state index contributed by atoms with van der Waals surface area (Å²) in [6.45, 7) is 2.85. The van der Waals surface area contributed by atoms with Crippen molar-refractivity contribution in [2.75, 3.05) is 6.54 Å². The van der Waals surface area contributed by atoms with Gasteiger partial charge in [0.1, 0.15) is 5.82 Å². The van der Waals surface area contributed by atoms with E-state index < -0.39 is 5.82 Å². The molecule has 2 nitrogen and oxygen atoms in total. The minimum atomic E-state index is -0.465. The van der Waals surface area contributed by atoms with Crippen LogP contribution in [0.3, 0.4) is 0 Å². The first-order valence-corrected chi connectivity index (χ1v) is 8.20. The Balaban J connectivity index is 2.31. The van der Waals surface area contributed by atoms with E-state index in [4.69, 9.17) is 11.6 Å². The van der Waals surface area contributed by atoms with Gasteiger partial charge in [0.15, 0.2) is 5.78 Å². The zero-order valence-corrected chi connectivity index (χ0v) is 14.3. The van der Waals surface area contributed by atoms with Crippen LogP contribution >= 0.6 is 39.5 Å². The number of hydrogen-bond donors (Lipinski definition) is 1. The number of halogens is 3. The van der Waals surface area contributed by atoms with E-state index in [1.54, 1.807) is 6.07 Å². The van der Waals surface area contributed by atoms with Crippen LogP contribution in [0.1, 0.15) is 22.8 Å². The van der Waals surface area contributed by atoms with Gasteiger partial charge in [-0.15, -0.1) is 0 Å². The van der Waals surface area contributed by atoms with Gasteiger partial charge in [0.2, 0.25) is 0 Å². The maximum atomic E-state index is 13.0. The first-order chi connectivity index (χ1) is 10.0. The van der Waals surface area contributed by atoms with Crippen LogP contribution in [0.25, 0.3) is 0 Å². The van der Waals surface area contributed by atoms with Gasteiger partial charge < -0.3 is 0 Å². The van der Waals surface area contributed by atoms with E-state index in [0.29, 0.717) is 10.0 Å². The number of carbonyl (C=O) groups is 1. The third-order valence-electron chi connectivity index (χ3n) is 2.70. The van der Waals surface area contributed by atoms with Crippen molar-refractivity contribution >= 4 is 45.3 Å². The third-order valence-corrected chi connectivity index (χ3v) is 4.59. The second-order valence-electron chi connectivity index (χ2n) is 4.19. The van der Waals surface area contributed by atoms with Crippen LogP contribution < -0.4 is 4.72 Å². The van der Waals surface area contributed by atoms with Crippen molar-refractivity contribution < 1.29 is 9.18 Å². The second kappa shape index (κ2) is 7.40. The molecule has 0 unspecified atom stereocenters. The summed E-state index contributed by atoms with van der Waals surface area (Å²) in [5.74, 6) is -0.708. The van der Waals surface area contributed by atoms with E-state index in [1.807, 2.05) is 19.1 Å². The summed E-state index contributed by atoms with van der Waals surface area (Å²) < 4.78 is 16.9. The number of hydrogen-bond acceptors (Lipinski definition) is 3. The summed E-state index contributed by atoms with van der Waals surface area (Å²) in [7, 11) is 0. The number of ketones is 1. The Bertz CT molecular complexity index is 681. The average Bonchev–Trinajstić information content (AvgIpc) is 2.44. The molecule has 0 aliphatic heterocycles. The first-order valence-electron chi connectivity index (χ1n) is 6.22. The molecule has 0 amide bonds. The van der Waals surface area contributed by atoms with Crippen LogP contribution in [0, 0.1) is 5.82 Å². The van der Waals surface area contributed by atoms with Gasteiger partial charge in [0.25, 0.3) is 0 Å². The quantitative estimate of drug-likeness (QED) is 0.571. The lowest BCUT2D eigenvalue weighted by Crippen LogP contribution is -2.04. The van der Waals surface area contributed by atoms with Crippen LogP contribution in [-0.4, -0.2) is 12.3 Å². The molecule has 1 N–H and O–H groups in total. The Morgan fingerprint density at radius 1 is 1.29 bits per heavy atom. The minimum absolute atomic E-state index is 0.109. The van der Waals surface area contributed by atoms with Gasteiger partial charge >= 0.3 is 0 Å². The molecule has 0 heterocycles. The average molecular weight is 389 g/mol. The largest absolute Gasteiger partial charge is 0.289 e. The lowest BCUT2D eigenvalue weighted by atomic mass is 10.0. The Hall–Kier alpha value is -0.880. The molecule has 0 saturated carbocycles. The molecule has 2 aromatic rings. The first kappa shape index (κ1) is 16.5. The van der Waals surface area contributed by atoms with E-state index >= 15 is 0 Å². The van der Waals surface area contributed by atoms with Crippen LogP contribution in [0.15, 0.2) is 45.8 Å². The molecular formula is C15H12BrClFNOS. The summed E-state index contributed by atoms with van der Waals surface area (Å²) in [6.07, 6.45) is 0. The SMILES string of the molecule is CCNSc1ccc(C(=O)c2ccc(F)cc2Cl)c(Br)c1. The fourth-order valence-electron chi connectivity index (χ4n) is 1.72. The standard InChI is InChI=1S/C15H12BrClFNOS/c1-2-19-21-10-4-6-11(13(16)8-10)15(20)12-5-3-9(18)7-14(12)17/h3-8,19H,2H2,1H3. The zero-order chi connectivity index (χ0) is 15.4. The lowest BCUT2D eigenvalue weighted by molar-refractivity contribution is 0.103. The molecule has 6 heteroatoms. The molecule has 110 valence electrons.